The normalized spacial score (nSPS) is 10.8. The highest BCUT2D eigenvalue weighted by atomic mass is 79.9. The van der Waals surface area contributed by atoms with Crippen LogP contribution in [0, 0.1) is 6.92 Å². The third-order valence-corrected chi connectivity index (χ3v) is 4.77. The third-order valence-electron chi connectivity index (χ3n) is 2.83. The molecule has 2 rings (SSSR count). The number of rotatable bonds is 5. The van der Waals surface area contributed by atoms with Crippen molar-refractivity contribution in [3.63, 3.8) is 0 Å². The van der Waals surface area contributed by atoms with Crippen molar-refractivity contribution in [3.8, 4) is 10.6 Å². The monoisotopic (exact) mass is 324 g/mol. The molecule has 1 aromatic heterocycles. The van der Waals surface area contributed by atoms with Crippen LogP contribution in [0.4, 0.5) is 0 Å². The van der Waals surface area contributed by atoms with E-state index in [0.717, 1.165) is 28.9 Å². The molecule has 0 radical (unpaired) electrons. The number of aromatic nitrogens is 1. The first-order chi connectivity index (χ1) is 8.72. The summed E-state index contributed by atoms with van der Waals surface area (Å²) in [6.07, 6.45) is 2.27. The summed E-state index contributed by atoms with van der Waals surface area (Å²) >= 11 is 5.40. The van der Waals surface area contributed by atoms with Crippen LogP contribution in [0.5, 0.6) is 0 Å². The molecule has 0 unspecified atom stereocenters. The molecular formula is C14H17BrN2S. The summed E-state index contributed by atoms with van der Waals surface area (Å²) in [5, 5.41) is 4.29. The molecular weight excluding hydrogens is 308 g/mol. The summed E-state index contributed by atoms with van der Waals surface area (Å²) in [6, 6.07) is 8.26. The molecule has 18 heavy (non-hydrogen) atoms. The van der Waals surface area contributed by atoms with Gasteiger partial charge in [-0.3, -0.25) is 0 Å². The first-order valence-electron chi connectivity index (χ1n) is 6.08. The molecule has 1 aromatic carbocycles. The third kappa shape index (κ3) is 3.19. The van der Waals surface area contributed by atoms with Crippen molar-refractivity contribution in [2.75, 3.05) is 13.6 Å². The van der Waals surface area contributed by atoms with E-state index in [0.29, 0.717) is 0 Å². The molecule has 0 spiro atoms. The maximum Gasteiger partial charge on any atom is 0.124 e. The van der Waals surface area contributed by atoms with Gasteiger partial charge < -0.3 is 5.32 Å². The van der Waals surface area contributed by atoms with Crippen molar-refractivity contribution in [1.29, 1.82) is 0 Å². The lowest BCUT2D eigenvalue weighted by molar-refractivity contribution is 0.727. The van der Waals surface area contributed by atoms with Crippen LogP contribution in [-0.4, -0.2) is 18.6 Å². The summed E-state index contributed by atoms with van der Waals surface area (Å²) < 4.78 is 1.11. The van der Waals surface area contributed by atoms with Gasteiger partial charge in [0.2, 0.25) is 0 Å². The quantitative estimate of drug-likeness (QED) is 0.840. The Hall–Kier alpha value is -0.710. The minimum atomic E-state index is 1.06. The number of benzene rings is 1. The Labute approximate surface area is 121 Å². The molecule has 0 aliphatic carbocycles. The van der Waals surface area contributed by atoms with Crippen LogP contribution >= 0.6 is 27.3 Å². The van der Waals surface area contributed by atoms with E-state index < -0.39 is 0 Å². The SMILES string of the molecule is CNCCCc1sc(-c2ccccc2Br)nc1C. The summed E-state index contributed by atoms with van der Waals surface area (Å²) in [6.45, 7) is 3.16. The lowest BCUT2D eigenvalue weighted by Crippen LogP contribution is -2.08. The Morgan fingerprint density at radius 1 is 1.33 bits per heavy atom. The molecule has 4 heteroatoms. The van der Waals surface area contributed by atoms with E-state index in [1.165, 1.54) is 16.1 Å². The van der Waals surface area contributed by atoms with Crippen molar-refractivity contribution < 1.29 is 0 Å². The Balaban J connectivity index is 2.21. The van der Waals surface area contributed by atoms with Crippen molar-refractivity contribution in [1.82, 2.24) is 10.3 Å². The Kier molecular flexibility index (Phi) is 4.92. The van der Waals surface area contributed by atoms with Crippen molar-refractivity contribution in [3.05, 3.63) is 39.3 Å². The Bertz CT molecular complexity index is 522. The summed E-state index contributed by atoms with van der Waals surface area (Å²) in [5.41, 5.74) is 2.35. The van der Waals surface area contributed by atoms with Gasteiger partial charge in [-0.05, 0) is 39.4 Å². The predicted octanol–water partition coefficient (Wildman–Crippen LogP) is 4.03. The molecule has 0 fully saturated rings. The van der Waals surface area contributed by atoms with Crippen LogP contribution in [0.3, 0.4) is 0 Å². The van der Waals surface area contributed by atoms with Crippen LogP contribution in [0.25, 0.3) is 10.6 Å². The average molecular weight is 325 g/mol. The molecule has 0 saturated carbocycles. The van der Waals surface area contributed by atoms with Gasteiger partial charge in [0.1, 0.15) is 5.01 Å². The van der Waals surface area contributed by atoms with Crippen LogP contribution in [0.1, 0.15) is 17.0 Å². The van der Waals surface area contributed by atoms with E-state index >= 15 is 0 Å². The topological polar surface area (TPSA) is 24.9 Å². The number of thiazole rings is 1. The average Bonchev–Trinajstić information content (AvgIpc) is 2.72. The summed E-state index contributed by atoms with van der Waals surface area (Å²) in [5.74, 6) is 0. The molecule has 2 aromatic rings. The molecule has 0 aliphatic rings. The molecule has 0 saturated heterocycles. The van der Waals surface area contributed by atoms with E-state index in [1.54, 1.807) is 0 Å². The van der Waals surface area contributed by atoms with Gasteiger partial charge in [-0.15, -0.1) is 11.3 Å². The smallest absolute Gasteiger partial charge is 0.124 e. The fourth-order valence-corrected chi connectivity index (χ4v) is 3.58. The zero-order valence-electron chi connectivity index (χ0n) is 10.7. The zero-order chi connectivity index (χ0) is 13.0. The van der Waals surface area contributed by atoms with E-state index in [1.807, 2.05) is 24.5 Å². The van der Waals surface area contributed by atoms with E-state index in [-0.39, 0.29) is 0 Å². The first-order valence-corrected chi connectivity index (χ1v) is 7.69. The fraction of sp³-hybridized carbons (Fsp3) is 0.357. The first kappa shape index (κ1) is 13.7. The van der Waals surface area contributed by atoms with Crippen molar-refractivity contribution in [2.45, 2.75) is 19.8 Å². The fourth-order valence-electron chi connectivity index (χ4n) is 1.84. The van der Waals surface area contributed by atoms with E-state index in [9.17, 15) is 0 Å². The maximum atomic E-state index is 4.69. The van der Waals surface area contributed by atoms with Gasteiger partial charge in [0.05, 0.1) is 5.69 Å². The molecule has 2 nitrogen and oxygen atoms in total. The molecule has 96 valence electrons. The van der Waals surface area contributed by atoms with E-state index in [4.69, 9.17) is 0 Å². The highest BCUT2D eigenvalue weighted by Crippen LogP contribution is 2.33. The maximum absolute atomic E-state index is 4.69. The van der Waals surface area contributed by atoms with Crippen LogP contribution in [0.2, 0.25) is 0 Å². The van der Waals surface area contributed by atoms with Crippen molar-refractivity contribution >= 4 is 27.3 Å². The summed E-state index contributed by atoms with van der Waals surface area (Å²) in [7, 11) is 1.99. The zero-order valence-corrected chi connectivity index (χ0v) is 13.1. The lowest BCUT2D eigenvalue weighted by Gasteiger charge is -1.99. The van der Waals surface area contributed by atoms with Crippen LogP contribution in [-0.2, 0) is 6.42 Å². The second-order valence-electron chi connectivity index (χ2n) is 4.21. The number of hydrogen-bond acceptors (Lipinski definition) is 3. The van der Waals surface area contributed by atoms with Gasteiger partial charge in [-0.2, -0.15) is 0 Å². The standard InChI is InChI=1S/C14H17BrN2S/c1-10-13(8-5-9-16-2)18-14(17-10)11-6-3-4-7-12(11)15/h3-4,6-7,16H,5,8-9H2,1-2H3. The Morgan fingerprint density at radius 2 is 2.11 bits per heavy atom. The van der Waals surface area contributed by atoms with Crippen LogP contribution in [0.15, 0.2) is 28.7 Å². The highest BCUT2D eigenvalue weighted by molar-refractivity contribution is 9.10. The lowest BCUT2D eigenvalue weighted by atomic mass is 10.2. The van der Waals surface area contributed by atoms with Gasteiger partial charge in [0.15, 0.2) is 0 Å². The second kappa shape index (κ2) is 6.45. The van der Waals surface area contributed by atoms with Gasteiger partial charge in [0.25, 0.3) is 0 Å². The van der Waals surface area contributed by atoms with Gasteiger partial charge in [-0.25, -0.2) is 4.98 Å². The number of aryl methyl sites for hydroxylation is 2. The minimum absolute atomic E-state index is 1.06. The molecule has 0 aliphatic heterocycles. The molecule has 0 amide bonds. The highest BCUT2D eigenvalue weighted by Gasteiger charge is 2.11. The number of nitrogens with zero attached hydrogens (tertiary/aromatic N) is 1. The number of hydrogen-bond donors (Lipinski definition) is 1. The van der Waals surface area contributed by atoms with Gasteiger partial charge in [0, 0.05) is 14.9 Å². The molecule has 0 bridgehead atoms. The van der Waals surface area contributed by atoms with Crippen molar-refractivity contribution in [2.24, 2.45) is 0 Å². The summed E-state index contributed by atoms with van der Waals surface area (Å²) in [4.78, 5) is 6.09. The van der Waals surface area contributed by atoms with E-state index in [2.05, 4.69) is 51.4 Å². The molecule has 1 heterocycles. The predicted molar refractivity (Wildman–Crippen MR) is 82.2 cm³/mol. The largest absolute Gasteiger partial charge is 0.320 e. The van der Waals surface area contributed by atoms with Crippen LogP contribution < -0.4 is 5.32 Å². The minimum Gasteiger partial charge on any atom is -0.320 e. The Morgan fingerprint density at radius 3 is 2.83 bits per heavy atom. The number of halogens is 1. The number of nitrogens with one attached hydrogen (secondary N) is 1. The molecule has 0 atom stereocenters. The van der Waals surface area contributed by atoms with Gasteiger partial charge >= 0.3 is 0 Å². The van der Waals surface area contributed by atoms with Gasteiger partial charge in [-0.1, -0.05) is 34.1 Å². The second-order valence-corrected chi connectivity index (χ2v) is 6.15. The molecule has 1 N–H and O–H groups in total.